The number of nitrogens with zero attached hydrogens (tertiary/aromatic N) is 1. The quantitative estimate of drug-likeness (QED) is 0.845. The van der Waals surface area contributed by atoms with Gasteiger partial charge < -0.3 is 14.9 Å². The average Bonchev–Trinajstić information content (AvgIpc) is 2.76. The zero-order valence-electron chi connectivity index (χ0n) is 9.30. The number of aliphatic hydroxyl groups excluding tert-OH is 1. The summed E-state index contributed by atoms with van der Waals surface area (Å²) >= 11 is 0. The highest BCUT2D eigenvalue weighted by Gasteiger charge is 2.10. The molecule has 0 aliphatic rings. The molecule has 2 aromatic rings. The molecular weight excluding hydrogens is 220 g/mol. The first kappa shape index (κ1) is 11.3. The maximum Gasteiger partial charge on any atom is 0.277 e. The third-order valence-corrected chi connectivity index (χ3v) is 2.23. The van der Waals surface area contributed by atoms with Gasteiger partial charge >= 0.3 is 0 Å². The maximum atomic E-state index is 11.7. The number of carbonyl (C=O) groups excluding carboxylic acids is 1. The first-order chi connectivity index (χ1) is 8.19. The molecule has 0 bridgehead atoms. The fraction of sp³-hybridized carbons (Fsp3) is 0.167. The van der Waals surface area contributed by atoms with E-state index in [1.54, 1.807) is 37.3 Å². The van der Waals surface area contributed by atoms with Crippen LogP contribution in [0.4, 0.5) is 5.69 Å². The Morgan fingerprint density at radius 3 is 2.94 bits per heavy atom. The van der Waals surface area contributed by atoms with Crippen LogP contribution in [0.15, 0.2) is 34.9 Å². The molecule has 0 fully saturated rings. The van der Waals surface area contributed by atoms with E-state index in [1.807, 2.05) is 0 Å². The van der Waals surface area contributed by atoms with Crippen molar-refractivity contribution in [3.05, 3.63) is 47.3 Å². The Hall–Kier alpha value is -2.14. The van der Waals surface area contributed by atoms with Crippen LogP contribution < -0.4 is 5.32 Å². The van der Waals surface area contributed by atoms with E-state index in [1.165, 1.54) is 0 Å². The van der Waals surface area contributed by atoms with Crippen molar-refractivity contribution in [3.8, 4) is 0 Å². The van der Waals surface area contributed by atoms with Crippen LogP contribution in [0.5, 0.6) is 0 Å². The monoisotopic (exact) mass is 232 g/mol. The number of aliphatic hydroxyl groups is 1. The lowest BCUT2D eigenvalue weighted by Crippen LogP contribution is -2.12. The molecule has 0 aliphatic heterocycles. The first-order valence-electron chi connectivity index (χ1n) is 5.13. The Kier molecular flexibility index (Phi) is 3.20. The Morgan fingerprint density at radius 1 is 1.47 bits per heavy atom. The standard InChI is InChI=1S/C12H12N2O3/c1-8-5-11(14-17-8)12(16)13-10-4-2-3-9(6-10)7-15/h2-6,15H,7H2,1H3,(H,13,16). The van der Waals surface area contributed by atoms with E-state index >= 15 is 0 Å². The highest BCUT2D eigenvalue weighted by Crippen LogP contribution is 2.12. The summed E-state index contributed by atoms with van der Waals surface area (Å²) in [4.78, 5) is 11.7. The van der Waals surface area contributed by atoms with E-state index in [-0.39, 0.29) is 18.2 Å². The number of aryl methyl sites for hydroxylation is 1. The van der Waals surface area contributed by atoms with E-state index in [9.17, 15) is 4.79 Å². The Bertz CT molecular complexity index is 534. The molecule has 0 radical (unpaired) electrons. The van der Waals surface area contributed by atoms with Crippen LogP contribution in [-0.4, -0.2) is 16.2 Å². The molecule has 2 rings (SSSR count). The van der Waals surface area contributed by atoms with Crippen LogP contribution in [0.25, 0.3) is 0 Å². The molecule has 88 valence electrons. The van der Waals surface area contributed by atoms with Gasteiger partial charge in [-0.25, -0.2) is 0 Å². The smallest absolute Gasteiger partial charge is 0.277 e. The number of anilines is 1. The van der Waals surface area contributed by atoms with Crippen molar-refractivity contribution in [3.63, 3.8) is 0 Å². The number of hydrogen-bond donors (Lipinski definition) is 2. The van der Waals surface area contributed by atoms with Gasteiger partial charge in [-0.15, -0.1) is 0 Å². The Morgan fingerprint density at radius 2 is 2.29 bits per heavy atom. The average molecular weight is 232 g/mol. The van der Waals surface area contributed by atoms with Crippen LogP contribution in [0, 0.1) is 6.92 Å². The molecule has 5 heteroatoms. The minimum atomic E-state index is -0.336. The predicted molar refractivity (Wildman–Crippen MR) is 61.6 cm³/mol. The van der Waals surface area contributed by atoms with Crippen molar-refractivity contribution >= 4 is 11.6 Å². The van der Waals surface area contributed by atoms with Crippen molar-refractivity contribution in [1.29, 1.82) is 0 Å². The summed E-state index contributed by atoms with van der Waals surface area (Å²) in [6.45, 7) is 1.66. The molecule has 2 N–H and O–H groups in total. The van der Waals surface area contributed by atoms with Gasteiger partial charge in [0.25, 0.3) is 5.91 Å². The summed E-state index contributed by atoms with van der Waals surface area (Å²) in [5, 5.41) is 15.3. The SMILES string of the molecule is Cc1cc(C(=O)Nc2cccc(CO)c2)no1. The van der Waals surface area contributed by atoms with Gasteiger partial charge in [-0.3, -0.25) is 4.79 Å². The van der Waals surface area contributed by atoms with Crippen LogP contribution >= 0.6 is 0 Å². The second kappa shape index (κ2) is 4.80. The van der Waals surface area contributed by atoms with Gasteiger partial charge in [0.2, 0.25) is 0 Å². The number of carbonyl (C=O) groups is 1. The topological polar surface area (TPSA) is 75.4 Å². The number of hydrogen-bond acceptors (Lipinski definition) is 4. The summed E-state index contributed by atoms with van der Waals surface area (Å²) in [5.74, 6) is 0.246. The minimum Gasteiger partial charge on any atom is -0.392 e. The van der Waals surface area contributed by atoms with Gasteiger partial charge in [-0.05, 0) is 24.6 Å². The molecule has 0 saturated heterocycles. The molecule has 1 aromatic heterocycles. The van der Waals surface area contributed by atoms with Crippen molar-refractivity contribution in [2.24, 2.45) is 0 Å². The molecule has 0 atom stereocenters. The minimum absolute atomic E-state index is 0.0627. The molecule has 5 nitrogen and oxygen atoms in total. The van der Waals surface area contributed by atoms with E-state index in [0.717, 1.165) is 5.56 Å². The molecule has 1 heterocycles. The van der Waals surface area contributed by atoms with Crippen LogP contribution in [0.2, 0.25) is 0 Å². The van der Waals surface area contributed by atoms with Gasteiger partial charge in [0, 0.05) is 11.8 Å². The van der Waals surface area contributed by atoms with E-state index in [2.05, 4.69) is 10.5 Å². The molecule has 1 aromatic carbocycles. The van der Waals surface area contributed by atoms with Crippen LogP contribution in [0.3, 0.4) is 0 Å². The second-order valence-corrected chi connectivity index (χ2v) is 3.64. The van der Waals surface area contributed by atoms with Crippen molar-refractivity contribution in [1.82, 2.24) is 5.16 Å². The van der Waals surface area contributed by atoms with Gasteiger partial charge in [-0.1, -0.05) is 17.3 Å². The highest BCUT2D eigenvalue weighted by molar-refractivity contribution is 6.02. The third kappa shape index (κ3) is 2.70. The highest BCUT2D eigenvalue weighted by atomic mass is 16.5. The number of rotatable bonds is 3. The van der Waals surface area contributed by atoms with Gasteiger partial charge in [0.05, 0.1) is 6.61 Å². The normalized spacial score (nSPS) is 10.2. The zero-order chi connectivity index (χ0) is 12.3. The summed E-state index contributed by atoms with van der Waals surface area (Å²) in [6.07, 6.45) is 0. The molecule has 0 unspecified atom stereocenters. The van der Waals surface area contributed by atoms with Gasteiger partial charge in [0.15, 0.2) is 5.69 Å². The fourth-order valence-corrected chi connectivity index (χ4v) is 1.42. The zero-order valence-corrected chi connectivity index (χ0v) is 9.30. The molecule has 17 heavy (non-hydrogen) atoms. The number of amides is 1. The van der Waals surface area contributed by atoms with Crippen molar-refractivity contribution < 1.29 is 14.4 Å². The molecular formula is C12H12N2O3. The second-order valence-electron chi connectivity index (χ2n) is 3.64. The summed E-state index contributed by atoms with van der Waals surface area (Å²) in [5.41, 5.74) is 1.58. The summed E-state index contributed by atoms with van der Waals surface area (Å²) in [6, 6.07) is 8.53. The number of benzene rings is 1. The Labute approximate surface area is 98.1 Å². The largest absolute Gasteiger partial charge is 0.392 e. The summed E-state index contributed by atoms with van der Waals surface area (Å²) in [7, 11) is 0. The number of aromatic nitrogens is 1. The molecule has 1 amide bonds. The first-order valence-corrected chi connectivity index (χ1v) is 5.13. The van der Waals surface area contributed by atoms with Crippen molar-refractivity contribution in [2.75, 3.05) is 5.32 Å². The van der Waals surface area contributed by atoms with Crippen LogP contribution in [0.1, 0.15) is 21.8 Å². The maximum absolute atomic E-state index is 11.7. The molecule has 0 spiro atoms. The van der Waals surface area contributed by atoms with Crippen LogP contribution in [-0.2, 0) is 6.61 Å². The lowest BCUT2D eigenvalue weighted by atomic mass is 10.2. The fourth-order valence-electron chi connectivity index (χ4n) is 1.42. The van der Waals surface area contributed by atoms with Gasteiger partial charge in [0.1, 0.15) is 5.76 Å². The third-order valence-electron chi connectivity index (χ3n) is 2.23. The van der Waals surface area contributed by atoms with E-state index < -0.39 is 0 Å². The van der Waals surface area contributed by atoms with E-state index in [0.29, 0.717) is 11.4 Å². The number of nitrogens with one attached hydrogen (secondary N) is 1. The summed E-state index contributed by atoms with van der Waals surface area (Å²) < 4.78 is 4.82. The lowest BCUT2D eigenvalue weighted by molar-refractivity contribution is 0.101. The van der Waals surface area contributed by atoms with E-state index in [4.69, 9.17) is 9.63 Å². The lowest BCUT2D eigenvalue weighted by Gasteiger charge is -2.04. The molecule has 0 aliphatic carbocycles. The molecule has 0 saturated carbocycles. The van der Waals surface area contributed by atoms with Crippen molar-refractivity contribution in [2.45, 2.75) is 13.5 Å². The Balaban J connectivity index is 2.12. The predicted octanol–water partition coefficient (Wildman–Crippen LogP) is 1.73. The van der Waals surface area contributed by atoms with Gasteiger partial charge in [-0.2, -0.15) is 0 Å².